The molecule has 176 valence electrons. The highest BCUT2D eigenvalue weighted by atomic mass is 19.1. The van der Waals surface area contributed by atoms with Gasteiger partial charge in [0.1, 0.15) is 17.0 Å². The number of carbonyl (C=O) groups excluding carboxylic acids is 2. The van der Waals surface area contributed by atoms with Crippen molar-refractivity contribution in [1.29, 1.82) is 0 Å². The summed E-state index contributed by atoms with van der Waals surface area (Å²) in [6, 6.07) is 10.1. The molecule has 0 bridgehead atoms. The smallest absolute Gasteiger partial charge is 0.364 e. The Balaban J connectivity index is 1.50. The first-order valence-electron chi connectivity index (χ1n) is 9.98. The Labute approximate surface area is 193 Å². The molecule has 5 rings (SSSR count). The van der Waals surface area contributed by atoms with Crippen molar-refractivity contribution in [3.05, 3.63) is 70.3 Å². The minimum atomic E-state index is -0.880. The monoisotopic (exact) mass is 479 g/mol. The molecular formula is C23H14FN3O8. The van der Waals surface area contributed by atoms with Gasteiger partial charge in [0.15, 0.2) is 11.6 Å². The lowest BCUT2D eigenvalue weighted by molar-refractivity contribution is -0.132. The van der Waals surface area contributed by atoms with Crippen LogP contribution in [-0.4, -0.2) is 36.9 Å². The second-order valence-electron chi connectivity index (χ2n) is 7.40. The average molecular weight is 479 g/mol. The number of esters is 1. The van der Waals surface area contributed by atoms with Crippen molar-refractivity contribution in [3.63, 3.8) is 0 Å². The number of hydrogen-bond acceptors (Lipinski definition) is 9. The van der Waals surface area contributed by atoms with Crippen molar-refractivity contribution in [2.75, 3.05) is 0 Å². The fourth-order valence-corrected chi connectivity index (χ4v) is 3.41. The van der Waals surface area contributed by atoms with Crippen molar-refractivity contribution in [3.8, 4) is 28.9 Å². The van der Waals surface area contributed by atoms with Crippen LogP contribution in [0.25, 0.3) is 33.4 Å². The molecule has 0 spiro atoms. The van der Waals surface area contributed by atoms with Crippen LogP contribution in [0.5, 0.6) is 17.5 Å². The van der Waals surface area contributed by atoms with E-state index in [9.17, 15) is 29.0 Å². The number of aromatic amines is 1. The molecule has 0 fully saturated rings. The molecule has 0 amide bonds. The molecule has 0 saturated heterocycles. The average Bonchev–Trinajstić information content (AvgIpc) is 3.37. The van der Waals surface area contributed by atoms with E-state index in [0.29, 0.717) is 15.8 Å². The van der Waals surface area contributed by atoms with Crippen LogP contribution in [0.15, 0.2) is 57.7 Å². The van der Waals surface area contributed by atoms with Gasteiger partial charge in [-0.05, 0) is 30.3 Å². The lowest BCUT2D eigenvalue weighted by Gasteiger charge is -2.06. The molecule has 0 radical (unpaired) electrons. The van der Waals surface area contributed by atoms with E-state index >= 15 is 0 Å². The van der Waals surface area contributed by atoms with E-state index in [0.717, 1.165) is 31.2 Å². The zero-order chi connectivity index (χ0) is 24.9. The predicted octanol–water partition coefficient (Wildman–Crippen LogP) is 2.88. The third kappa shape index (κ3) is 3.93. The highest BCUT2D eigenvalue weighted by molar-refractivity contribution is 5.94. The standard InChI is InChI=1S/C23H14FN3O8/c1-10(28)33-18-9-17-12(7-14(18)24)6-13(23(32)34-17)21-25-15-3-2-11(8-16(15)26-21)22(31)35-27-19(29)4-5-20(27)30/h2-9,29-30H,1H3,(H,25,26). The second kappa shape index (κ2) is 8.02. The van der Waals surface area contributed by atoms with E-state index in [4.69, 9.17) is 14.0 Å². The Hall–Kier alpha value is -5.13. The van der Waals surface area contributed by atoms with Gasteiger partial charge in [-0.25, -0.2) is 19.0 Å². The van der Waals surface area contributed by atoms with E-state index in [1.165, 1.54) is 24.3 Å². The van der Waals surface area contributed by atoms with Crippen molar-refractivity contribution in [2.45, 2.75) is 6.92 Å². The van der Waals surface area contributed by atoms with Crippen molar-refractivity contribution in [1.82, 2.24) is 14.7 Å². The number of aromatic hydroxyl groups is 2. The fraction of sp³-hybridized carbons (Fsp3) is 0.0435. The van der Waals surface area contributed by atoms with Crippen LogP contribution < -0.4 is 15.2 Å². The lowest BCUT2D eigenvalue weighted by Crippen LogP contribution is -2.19. The Morgan fingerprint density at radius 3 is 2.54 bits per heavy atom. The third-order valence-corrected chi connectivity index (χ3v) is 4.98. The van der Waals surface area contributed by atoms with Gasteiger partial charge >= 0.3 is 17.6 Å². The normalized spacial score (nSPS) is 11.1. The van der Waals surface area contributed by atoms with Gasteiger partial charge in [0, 0.05) is 30.5 Å². The summed E-state index contributed by atoms with van der Waals surface area (Å²) >= 11 is 0. The highest BCUT2D eigenvalue weighted by Gasteiger charge is 2.18. The summed E-state index contributed by atoms with van der Waals surface area (Å²) in [7, 11) is 0. The Morgan fingerprint density at radius 1 is 1.09 bits per heavy atom. The zero-order valence-electron chi connectivity index (χ0n) is 17.7. The first-order chi connectivity index (χ1) is 16.7. The summed E-state index contributed by atoms with van der Waals surface area (Å²) in [6.07, 6.45) is 0. The molecule has 3 N–H and O–H groups in total. The number of fused-ring (bicyclic) bond motifs is 2. The lowest BCUT2D eigenvalue weighted by atomic mass is 10.1. The number of rotatable bonds is 4. The minimum absolute atomic E-state index is 0.000325. The molecule has 0 aliphatic carbocycles. The number of nitrogens with zero attached hydrogens (tertiary/aromatic N) is 2. The number of imidazole rings is 1. The second-order valence-corrected chi connectivity index (χ2v) is 7.40. The molecule has 0 aliphatic heterocycles. The van der Waals surface area contributed by atoms with Crippen molar-refractivity contribution >= 4 is 33.9 Å². The van der Waals surface area contributed by atoms with Crippen LogP contribution in [0.3, 0.4) is 0 Å². The van der Waals surface area contributed by atoms with Gasteiger partial charge in [-0.3, -0.25) is 4.79 Å². The number of halogens is 1. The van der Waals surface area contributed by atoms with Crippen LogP contribution in [-0.2, 0) is 4.79 Å². The minimum Gasteiger partial charge on any atom is -0.492 e. The van der Waals surface area contributed by atoms with Crippen molar-refractivity contribution in [2.24, 2.45) is 0 Å². The molecule has 5 aromatic rings. The molecule has 2 aromatic carbocycles. The predicted molar refractivity (Wildman–Crippen MR) is 118 cm³/mol. The zero-order valence-corrected chi connectivity index (χ0v) is 17.7. The Morgan fingerprint density at radius 2 is 1.83 bits per heavy atom. The number of hydrogen-bond donors (Lipinski definition) is 3. The summed E-state index contributed by atoms with van der Waals surface area (Å²) in [5, 5.41) is 19.5. The van der Waals surface area contributed by atoms with E-state index in [2.05, 4.69) is 9.97 Å². The first-order valence-corrected chi connectivity index (χ1v) is 9.98. The molecule has 11 nitrogen and oxygen atoms in total. The summed E-state index contributed by atoms with van der Waals surface area (Å²) in [4.78, 5) is 48.3. The van der Waals surface area contributed by atoms with Gasteiger partial charge in [0.2, 0.25) is 11.8 Å². The maximum Gasteiger partial charge on any atom is 0.364 e. The van der Waals surface area contributed by atoms with Gasteiger partial charge < -0.3 is 29.2 Å². The van der Waals surface area contributed by atoms with Gasteiger partial charge in [-0.15, -0.1) is 4.73 Å². The number of ether oxygens (including phenoxy) is 1. The van der Waals surface area contributed by atoms with Crippen LogP contribution in [0.2, 0.25) is 0 Å². The van der Waals surface area contributed by atoms with Gasteiger partial charge in [-0.2, -0.15) is 0 Å². The Bertz CT molecular complexity index is 1700. The maximum absolute atomic E-state index is 14.3. The number of nitrogens with one attached hydrogen (secondary N) is 1. The van der Waals surface area contributed by atoms with Gasteiger partial charge in [0.05, 0.1) is 16.6 Å². The van der Waals surface area contributed by atoms with E-state index in [-0.39, 0.29) is 33.7 Å². The number of carbonyl (C=O) groups is 2. The van der Waals surface area contributed by atoms with Gasteiger partial charge in [-0.1, -0.05) is 0 Å². The molecule has 12 heteroatoms. The van der Waals surface area contributed by atoms with E-state index in [1.54, 1.807) is 0 Å². The largest absolute Gasteiger partial charge is 0.492 e. The highest BCUT2D eigenvalue weighted by Crippen LogP contribution is 2.28. The first kappa shape index (κ1) is 21.7. The maximum atomic E-state index is 14.3. The van der Waals surface area contributed by atoms with Crippen LogP contribution in [0, 0.1) is 5.82 Å². The SMILES string of the molecule is CC(=O)Oc1cc2oc(=O)c(-c3nc4ccc(C(=O)On5c(O)ccc5O)cc4[nH]3)cc2cc1F. The molecule has 35 heavy (non-hydrogen) atoms. The third-order valence-electron chi connectivity index (χ3n) is 4.98. The molecule has 0 atom stereocenters. The number of benzene rings is 2. The molecule has 3 aromatic heterocycles. The van der Waals surface area contributed by atoms with E-state index in [1.807, 2.05) is 0 Å². The summed E-state index contributed by atoms with van der Waals surface area (Å²) in [5.41, 5.74) is 0.0556. The number of H-pyrrole nitrogens is 1. The number of aromatic nitrogens is 3. The van der Waals surface area contributed by atoms with Crippen LogP contribution >= 0.6 is 0 Å². The van der Waals surface area contributed by atoms with E-state index < -0.39 is 35.1 Å². The summed E-state index contributed by atoms with van der Waals surface area (Å²) in [5.74, 6) is -3.64. The van der Waals surface area contributed by atoms with Crippen LogP contribution in [0.4, 0.5) is 4.39 Å². The Kier molecular flexibility index (Phi) is 4.97. The summed E-state index contributed by atoms with van der Waals surface area (Å²) < 4.78 is 24.9. The fourth-order valence-electron chi connectivity index (χ4n) is 3.41. The van der Waals surface area contributed by atoms with Crippen molar-refractivity contribution < 1.29 is 38.2 Å². The molecule has 0 unspecified atom stereocenters. The van der Waals surface area contributed by atoms with Crippen LogP contribution in [0.1, 0.15) is 17.3 Å². The quantitative estimate of drug-likeness (QED) is 0.200. The van der Waals surface area contributed by atoms with Gasteiger partial charge in [0.25, 0.3) is 0 Å². The molecule has 0 aliphatic rings. The molecule has 3 heterocycles. The topological polar surface area (TPSA) is 157 Å². The molecule has 0 saturated carbocycles. The molecular weight excluding hydrogens is 465 g/mol. The summed E-state index contributed by atoms with van der Waals surface area (Å²) in [6.45, 7) is 1.11.